The highest BCUT2D eigenvalue weighted by molar-refractivity contribution is 6.30. The van der Waals surface area contributed by atoms with Crippen molar-refractivity contribution >= 4 is 11.6 Å². The van der Waals surface area contributed by atoms with Crippen molar-refractivity contribution in [3.63, 3.8) is 0 Å². The number of aromatic amines is 1. The van der Waals surface area contributed by atoms with Crippen LogP contribution in [-0.4, -0.2) is 20.6 Å². The van der Waals surface area contributed by atoms with E-state index < -0.39 is 5.82 Å². The van der Waals surface area contributed by atoms with Crippen molar-refractivity contribution in [2.45, 2.75) is 19.5 Å². The molecule has 1 heterocycles. The molecule has 0 amide bonds. The van der Waals surface area contributed by atoms with Gasteiger partial charge >= 0.3 is 0 Å². The van der Waals surface area contributed by atoms with Crippen molar-refractivity contribution in [2.24, 2.45) is 0 Å². The number of aromatic nitrogens is 4. The third kappa shape index (κ3) is 2.98. The molecule has 0 saturated carbocycles. The van der Waals surface area contributed by atoms with Gasteiger partial charge in [-0.1, -0.05) is 22.9 Å². The first-order chi connectivity index (χ1) is 8.16. The first kappa shape index (κ1) is 11.9. The van der Waals surface area contributed by atoms with Crippen molar-refractivity contribution in [3.8, 4) is 0 Å². The summed E-state index contributed by atoms with van der Waals surface area (Å²) in [5.41, 5.74) is 0.895. The van der Waals surface area contributed by atoms with E-state index in [-0.39, 0.29) is 11.1 Å². The number of rotatable bonds is 4. The molecule has 2 rings (SSSR count). The van der Waals surface area contributed by atoms with Gasteiger partial charge in [-0.25, -0.2) is 4.39 Å². The Balaban J connectivity index is 1.96. The van der Waals surface area contributed by atoms with Gasteiger partial charge in [0.05, 0.1) is 11.1 Å². The molecule has 1 aromatic heterocycles. The van der Waals surface area contributed by atoms with E-state index >= 15 is 0 Å². The fraction of sp³-hybridized carbons (Fsp3) is 0.300. The van der Waals surface area contributed by atoms with Gasteiger partial charge in [-0.3, -0.25) is 0 Å². The average molecular weight is 256 g/mol. The molecule has 90 valence electrons. The van der Waals surface area contributed by atoms with Crippen molar-refractivity contribution < 1.29 is 4.39 Å². The summed E-state index contributed by atoms with van der Waals surface area (Å²) >= 11 is 5.69. The van der Waals surface area contributed by atoms with Gasteiger partial charge in [0.2, 0.25) is 0 Å². The lowest BCUT2D eigenvalue weighted by molar-refractivity contribution is 0.546. The zero-order valence-electron chi connectivity index (χ0n) is 9.11. The van der Waals surface area contributed by atoms with Crippen LogP contribution in [0.4, 0.5) is 4.39 Å². The molecule has 2 aromatic rings. The van der Waals surface area contributed by atoms with Crippen molar-refractivity contribution in [1.29, 1.82) is 0 Å². The monoisotopic (exact) mass is 255 g/mol. The molecule has 0 aliphatic rings. The predicted molar refractivity (Wildman–Crippen MR) is 60.8 cm³/mol. The lowest BCUT2D eigenvalue weighted by atomic mass is 10.2. The molecule has 0 bridgehead atoms. The minimum Gasteiger partial charge on any atom is -0.303 e. The number of H-pyrrole nitrogens is 1. The summed E-state index contributed by atoms with van der Waals surface area (Å²) in [7, 11) is 0. The van der Waals surface area contributed by atoms with Crippen molar-refractivity contribution in [1.82, 2.24) is 25.9 Å². The second-order valence-corrected chi connectivity index (χ2v) is 4.03. The van der Waals surface area contributed by atoms with E-state index in [9.17, 15) is 4.39 Å². The highest BCUT2D eigenvalue weighted by Crippen LogP contribution is 2.16. The van der Waals surface area contributed by atoms with Crippen LogP contribution >= 0.6 is 11.6 Å². The molecule has 0 fully saturated rings. The molecule has 1 unspecified atom stereocenters. The number of nitrogens with one attached hydrogen (secondary N) is 2. The van der Waals surface area contributed by atoms with Gasteiger partial charge in [-0.05, 0) is 24.6 Å². The molecule has 0 radical (unpaired) electrons. The van der Waals surface area contributed by atoms with Crippen LogP contribution in [0.5, 0.6) is 0 Å². The summed E-state index contributed by atoms with van der Waals surface area (Å²) in [5, 5.41) is 16.9. The summed E-state index contributed by atoms with van der Waals surface area (Å²) in [4.78, 5) is 0. The predicted octanol–water partition coefficient (Wildman–Crippen LogP) is 1.84. The van der Waals surface area contributed by atoms with E-state index in [1.807, 2.05) is 6.92 Å². The number of benzene rings is 1. The third-order valence-electron chi connectivity index (χ3n) is 2.35. The fourth-order valence-electron chi connectivity index (χ4n) is 1.36. The maximum atomic E-state index is 12.9. The SMILES string of the molecule is CC(NCc1ccc(F)c(Cl)c1)c1nn[nH]n1. The molecule has 17 heavy (non-hydrogen) atoms. The Morgan fingerprint density at radius 3 is 3.00 bits per heavy atom. The molecule has 1 atom stereocenters. The zero-order valence-corrected chi connectivity index (χ0v) is 9.87. The third-order valence-corrected chi connectivity index (χ3v) is 2.64. The maximum absolute atomic E-state index is 12.9. The van der Waals surface area contributed by atoms with Gasteiger partial charge in [-0.15, -0.1) is 10.2 Å². The van der Waals surface area contributed by atoms with E-state index in [1.165, 1.54) is 6.07 Å². The van der Waals surface area contributed by atoms with E-state index in [1.54, 1.807) is 12.1 Å². The Morgan fingerprint density at radius 1 is 1.53 bits per heavy atom. The van der Waals surface area contributed by atoms with Gasteiger partial charge in [0.15, 0.2) is 5.82 Å². The summed E-state index contributed by atoms with van der Waals surface area (Å²) in [6, 6.07) is 4.57. The van der Waals surface area contributed by atoms with E-state index in [2.05, 4.69) is 25.9 Å². The van der Waals surface area contributed by atoms with Crippen LogP contribution < -0.4 is 5.32 Å². The molecule has 0 aliphatic carbocycles. The standard InChI is InChI=1S/C10H11ClFN5/c1-6(10-14-16-17-15-10)13-5-7-2-3-9(12)8(11)4-7/h2-4,6,13H,5H2,1H3,(H,14,15,16,17). The minimum atomic E-state index is -0.415. The Hall–Kier alpha value is -1.53. The molecular weight excluding hydrogens is 245 g/mol. The molecule has 0 spiro atoms. The Labute approximate surface area is 102 Å². The van der Waals surface area contributed by atoms with Gasteiger partial charge in [0.25, 0.3) is 0 Å². The molecule has 0 aliphatic heterocycles. The summed E-state index contributed by atoms with van der Waals surface area (Å²) in [6.45, 7) is 2.46. The van der Waals surface area contributed by atoms with Gasteiger partial charge in [-0.2, -0.15) is 5.21 Å². The lowest BCUT2D eigenvalue weighted by Gasteiger charge is -2.10. The van der Waals surface area contributed by atoms with Crippen LogP contribution in [0.3, 0.4) is 0 Å². The van der Waals surface area contributed by atoms with E-state index in [0.29, 0.717) is 12.4 Å². The van der Waals surface area contributed by atoms with E-state index in [0.717, 1.165) is 5.56 Å². The van der Waals surface area contributed by atoms with Crippen LogP contribution in [0.2, 0.25) is 5.02 Å². The highest BCUT2D eigenvalue weighted by atomic mass is 35.5. The first-order valence-corrected chi connectivity index (χ1v) is 5.45. The Kier molecular flexibility index (Phi) is 3.65. The van der Waals surface area contributed by atoms with Crippen LogP contribution in [0, 0.1) is 5.82 Å². The molecule has 1 aromatic carbocycles. The minimum absolute atomic E-state index is 0.0439. The zero-order chi connectivity index (χ0) is 12.3. The van der Waals surface area contributed by atoms with E-state index in [4.69, 9.17) is 11.6 Å². The van der Waals surface area contributed by atoms with Gasteiger partial charge in [0, 0.05) is 6.54 Å². The molecule has 0 saturated heterocycles. The summed E-state index contributed by atoms with van der Waals surface area (Å²) in [6.07, 6.45) is 0. The number of hydrogen-bond donors (Lipinski definition) is 2. The fourth-order valence-corrected chi connectivity index (χ4v) is 1.57. The normalized spacial score (nSPS) is 12.6. The molecule has 2 N–H and O–H groups in total. The van der Waals surface area contributed by atoms with Gasteiger partial charge < -0.3 is 5.32 Å². The summed E-state index contributed by atoms with van der Waals surface area (Å²) in [5.74, 6) is 0.167. The quantitative estimate of drug-likeness (QED) is 0.875. The first-order valence-electron chi connectivity index (χ1n) is 5.07. The Bertz CT molecular complexity index is 487. The second kappa shape index (κ2) is 5.20. The van der Waals surface area contributed by atoms with Crippen LogP contribution in [0.15, 0.2) is 18.2 Å². The maximum Gasteiger partial charge on any atom is 0.191 e. The average Bonchev–Trinajstić information content (AvgIpc) is 2.84. The van der Waals surface area contributed by atoms with Crippen molar-refractivity contribution in [2.75, 3.05) is 0 Å². The van der Waals surface area contributed by atoms with Crippen molar-refractivity contribution in [3.05, 3.63) is 40.4 Å². The molecule has 5 nitrogen and oxygen atoms in total. The number of halogens is 2. The smallest absolute Gasteiger partial charge is 0.191 e. The summed E-state index contributed by atoms with van der Waals surface area (Å²) < 4.78 is 12.9. The van der Waals surface area contributed by atoms with Gasteiger partial charge in [0.1, 0.15) is 5.82 Å². The lowest BCUT2D eigenvalue weighted by Crippen LogP contribution is -2.19. The molecular formula is C10H11ClFN5. The number of tetrazole rings is 1. The second-order valence-electron chi connectivity index (χ2n) is 3.62. The van der Waals surface area contributed by atoms with Crippen LogP contribution in [0.25, 0.3) is 0 Å². The highest BCUT2D eigenvalue weighted by Gasteiger charge is 2.09. The number of hydrogen-bond acceptors (Lipinski definition) is 4. The van der Waals surface area contributed by atoms with Crippen LogP contribution in [0.1, 0.15) is 24.4 Å². The topological polar surface area (TPSA) is 66.5 Å². The van der Waals surface area contributed by atoms with Crippen LogP contribution in [-0.2, 0) is 6.54 Å². The molecule has 7 heteroatoms. The largest absolute Gasteiger partial charge is 0.303 e. The Morgan fingerprint density at radius 2 is 2.35 bits per heavy atom. The number of nitrogens with zero attached hydrogens (tertiary/aromatic N) is 3.